The SMILES string of the molecule is Cn1cc(-c2cc([N+](=O)[O-])ccc2OCC(OCCOC2CCN(C(=O)OC(C)(C)C)CC2)C2CC2)c2cc[nH]c2c1=O. The highest BCUT2D eigenvalue weighted by molar-refractivity contribution is 5.96. The molecule has 2 aliphatic rings. The van der Waals surface area contributed by atoms with E-state index in [1.807, 2.05) is 20.8 Å². The number of ether oxygens (including phenoxy) is 4. The minimum atomic E-state index is -0.514. The minimum absolute atomic E-state index is 0.0627. The van der Waals surface area contributed by atoms with Gasteiger partial charge in [0.05, 0.1) is 30.3 Å². The first-order chi connectivity index (χ1) is 20.5. The van der Waals surface area contributed by atoms with E-state index in [0.717, 1.165) is 25.7 Å². The maximum Gasteiger partial charge on any atom is 0.410 e. The Hall–Kier alpha value is -3.90. The molecule has 1 aliphatic carbocycles. The molecule has 0 radical (unpaired) electrons. The van der Waals surface area contributed by atoms with E-state index in [0.29, 0.717) is 60.0 Å². The van der Waals surface area contributed by atoms with E-state index in [2.05, 4.69) is 4.98 Å². The minimum Gasteiger partial charge on any atom is -0.490 e. The molecule has 232 valence electrons. The van der Waals surface area contributed by atoms with Crippen molar-refractivity contribution in [3.63, 3.8) is 0 Å². The topological polar surface area (TPSA) is 138 Å². The Bertz CT molecular complexity index is 1510. The summed E-state index contributed by atoms with van der Waals surface area (Å²) in [6, 6.07) is 6.29. The predicted molar refractivity (Wildman–Crippen MR) is 160 cm³/mol. The van der Waals surface area contributed by atoms with Gasteiger partial charge in [-0.2, -0.15) is 0 Å². The third kappa shape index (κ3) is 7.55. The summed E-state index contributed by atoms with van der Waals surface area (Å²) in [7, 11) is 1.65. The average Bonchev–Trinajstić information content (AvgIpc) is 3.69. The van der Waals surface area contributed by atoms with Gasteiger partial charge in [-0.25, -0.2) is 4.79 Å². The van der Waals surface area contributed by atoms with Crippen molar-refractivity contribution in [2.75, 3.05) is 32.9 Å². The normalized spacial score (nSPS) is 16.8. The number of piperidine rings is 1. The largest absolute Gasteiger partial charge is 0.490 e. The van der Waals surface area contributed by atoms with Gasteiger partial charge in [-0.05, 0) is 64.5 Å². The number of benzene rings is 1. The number of H-pyrrole nitrogens is 1. The second-order valence-electron chi connectivity index (χ2n) is 12.3. The summed E-state index contributed by atoms with van der Waals surface area (Å²) in [4.78, 5) is 40.7. The third-order valence-electron chi connectivity index (χ3n) is 7.77. The maximum absolute atomic E-state index is 12.6. The van der Waals surface area contributed by atoms with Gasteiger partial charge in [0.25, 0.3) is 11.2 Å². The first-order valence-corrected chi connectivity index (χ1v) is 14.8. The van der Waals surface area contributed by atoms with Crippen molar-refractivity contribution < 1.29 is 28.7 Å². The molecule has 0 bridgehead atoms. The van der Waals surface area contributed by atoms with Crippen LogP contribution >= 0.6 is 0 Å². The lowest BCUT2D eigenvalue weighted by Gasteiger charge is -2.33. The summed E-state index contributed by atoms with van der Waals surface area (Å²) in [5, 5.41) is 12.3. The van der Waals surface area contributed by atoms with E-state index in [9.17, 15) is 19.7 Å². The van der Waals surface area contributed by atoms with Gasteiger partial charge in [0.2, 0.25) is 0 Å². The van der Waals surface area contributed by atoms with Crippen molar-refractivity contribution >= 4 is 22.7 Å². The lowest BCUT2D eigenvalue weighted by molar-refractivity contribution is -0.384. The summed E-state index contributed by atoms with van der Waals surface area (Å²) in [6.07, 6.45) is 6.58. The first-order valence-electron chi connectivity index (χ1n) is 14.8. The third-order valence-corrected chi connectivity index (χ3v) is 7.77. The van der Waals surface area contributed by atoms with Crippen molar-refractivity contribution in [2.24, 2.45) is 13.0 Å². The average molecular weight is 597 g/mol. The van der Waals surface area contributed by atoms with Crippen LogP contribution in [0.1, 0.15) is 46.5 Å². The van der Waals surface area contributed by atoms with Crippen LogP contribution < -0.4 is 10.3 Å². The molecule has 5 rings (SSSR count). The van der Waals surface area contributed by atoms with Gasteiger partial charge in [-0.15, -0.1) is 0 Å². The van der Waals surface area contributed by atoms with Crippen LogP contribution in [0.3, 0.4) is 0 Å². The van der Waals surface area contributed by atoms with Crippen LogP contribution in [0, 0.1) is 16.0 Å². The number of pyridine rings is 1. The highest BCUT2D eigenvalue weighted by Crippen LogP contribution is 2.38. The van der Waals surface area contributed by atoms with E-state index in [-0.39, 0.29) is 36.2 Å². The van der Waals surface area contributed by atoms with Crippen molar-refractivity contribution in [3.05, 3.63) is 57.1 Å². The Labute approximate surface area is 250 Å². The Morgan fingerprint density at radius 2 is 1.86 bits per heavy atom. The van der Waals surface area contributed by atoms with E-state index < -0.39 is 10.5 Å². The molecule has 1 atom stereocenters. The number of likely N-dealkylation sites (tertiary alicyclic amines) is 1. The molecule has 1 aliphatic heterocycles. The first kappa shape index (κ1) is 30.6. The molecule has 1 saturated heterocycles. The summed E-state index contributed by atoms with van der Waals surface area (Å²) < 4.78 is 25.4. The molecule has 2 fully saturated rings. The Morgan fingerprint density at radius 3 is 2.53 bits per heavy atom. The van der Waals surface area contributed by atoms with Crippen LogP contribution in [0.15, 0.2) is 41.5 Å². The van der Waals surface area contributed by atoms with Gasteiger partial charge in [0.15, 0.2) is 0 Å². The molecule has 3 aromatic rings. The van der Waals surface area contributed by atoms with Crippen LogP contribution in [0.4, 0.5) is 10.5 Å². The van der Waals surface area contributed by atoms with Gasteiger partial charge in [-0.1, -0.05) is 0 Å². The van der Waals surface area contributed by atoms with Gasteiger partial charge in [-0.3, -0.25) is 14.9 Å². The number of nitrogens with one attached hydrogen (secondary N) is 1. The number of nitro groups is 1. The molecule has 1 saturated carbocycles. The summed E-state index contributed by atoms with van der Waals surface area (Å²) in [5.74, 6) is 0.862. The number of hydrogen-bond acceptors (Lipinski definition) is 8. The van der Waals surface area contributed by atoms with Gasteiger partial charge < -0.3 is 33.4 Å². The fraction of sp³-hybridized carbons (Fsp3) is 0.548. The monoisotopic (exact) mass is 596 g/mol. The lowest BCUT2D eigenvalue weighted by Crippen LogP contribution is -2.43. The predicted octanol–water partition coefficient (Wildman–Crippen LogP) is 5.03. The Morgan fingerprint density at radius 1 is 1.12 bits per heavy atom. The zero-order valence-electron chi connectivity index (χ0n) is 25.2. The number of nitrogens with zero attached hydrogens (tertiary/aromatic N) is 3. The van der Waals surface area contributed by atoms with Crippen molar-refractivity contribution in [1.82, 2.24) is 14.5 Å². The van der Waals surface area contributed by atoms with E-state index in [1.165, 1.54) is 16.7 Å². The van der Waals surface area contributed by atoms with Crippen LogP contribution in [-0.2, 0) is 21.3 Å². The molecule has 12 heteroatoms. The number of hydrogen-bond donors (Lipinski definition) is 1. The molecule has 43 heavy (non-hydrogen) atoms. The Kier molecular flexibility index (Phi) is 9.07. The molecule has 3 heterocycles. The zero-order valence-corrected chi connectivity index (χ0v) is 25.2. The highest BCUT2D eigenvalue weighted by Gasteiger charge is 2.33. The number of nitro benzene ring substituents is 1. The van der Waals surface area contributed by atoms with Crippen molar-refractivity contribution in [3.8, 4) is 16.9 Å². The quantitative estimate of drug-likeness (QED) is 0.185. The fourth-order valence-corrected chi connectivity index (χ4v) is 5.36. The molecule has 1 N–H and O–H groups in total. The van der Waals surface area contributed by atoms with Crippen LogP contribution in [0.5, 0.6) is 5.75 Å². The molecule has 1 amide bonds. The number of aryl methyl sites for hydroxylation is 1. The number of carbonyl (C=O) groups excluding carboxylic acids is 1. The number of amides is 1. The fourth-order valence-electron chi connectivity index (χ4n) is 5.36. The number of aromatic amines is 1. The van der Waals surface area contributed by atoms with Crippen LogP contribution in [-0.4, -0.2) is 76.2 Å². The van der Waals surface area contributed by atoms with Gasteiger partial charge >= 0.3 is 6.09 Å². The molecule has 2 aromatic heterocycles. The smallest absolute Gasteiger partial charge is 0.410 e. The van der Waals surface area contributed by atoms with Crippen molar-refractivity contribution in [2.45, 2.75) is 64.3 Å². The molecule has 1 aromatic carbocycles. The highest BCUT2D eigenvalue weighted by atomic mass is 16.6. The van der Waals surface area contributed by atoms with Gasteiger partial charge in [0.1, 0.15) is 23.5 Å². The van der Waals surface area contributed by atoms with Crippen molar-refractivity contribution in [1.29, 1.82) is 0 Å². The lowest BCUT2D eigenvalue weighted by atomic mass is 10.0. The summed E-state index contributed by atoms with van der Waals surface area (Å²) in [6.45, 7) is 7.91. The molecule has 0 spiro atoms. The second-order valence-corrected chi connectivity index (χ2v) is 12.3. The molecular weight excluding hydrogens is 556 g/mol. The zero-order chi connectivity index (χ0) is 30.7. The number of aromatic nitrogens is 2. The molecular formula is C31H40N4O8. The van der Waals surface area contributed by atoms with E-state index in [4.69, 9.17) is 18.9 Å². The molecule has 12 nitrogen and oxygen atoms in total. The molecule has 1 unspecified atom stereocenters. The summed E-state index contributed by atoms with van der Waals surface area (Å²) >= 11 is 0. The van der Waals surface area contributed by atoms with E-state index in [1.54, 1.807) is 36.5 Å². The van der Waals surface area contributed by atoms with Crippen LogP contribution in [0.25, 0.3) is 22.0 Å². The maximum atomic E-state index is 12.6. The Balaban J connectivity index is 1.18. The second kappa shape index (κ2) is 12.8. The summed E-state index contributed by atoms with van der Waals surface area (Å²) in [5.41, 5.74) is 0.850. The van der Waals surface area contributed by atoms with Crippen LogP contribution in [0.2, 0.25) is 0 Å². The standard InChI is InChI=1S/C31H40N4O8/c1-31(2,3)43-30(37)34-13-10-22(11-14-34)40-15-16-41-27(20-5-6-20)19-42-26-8-7-21(35(38)39)17-24(26)25-18-33(4)29(36)28-23(25)9-12-32-28/h7-9,12,17-18,20,22,27,32H,5-6,10-11,13-16,19H2,1-4H3. The number of carbonyl (C=O) groups is 1. The number of fused-ring (bicyclic) bond motifs is 1. The van der Waals surface area contributed by atoms with Gasteiger partial charge in [0, 0.05) is 61.2 Å². The number of rotatable bonds is 11. The van der Waals surface area contributed by atoms with E-state index >= 15 is 0 Å². The number of non-ortho nitro benzene ring substituents is 1.